The van der Waals surface area contributed by atoms with Crippen LogP contribution in [-0.4, -0.2) is 37.2 Å². The molecule has 0 bridgehead atoms. The molecule has 0 N–H and O–H groups in total. The van der Waals surface area contributed by atoms with Crippen molar-refractivity contribution in [1.82, 2.24) is 0 Å². The van der Waals surface area contributed by atoms with Crippen LogP contribution in [0.3, 0.4) is 0 Å². The van der Waals surface area contributed by atoms with E-state index in [1.54, 1.807) is 0 Å². The minimum atomic E-state index is -0.775. The lowest BCUT2D eigenvalue weighted by atomic mass is 10.0. The largest absolute Gasteiger partial charge is 0.462 e. The summed E-state index contributed by atoms with van der Waals surface area (Å²) < 4.78 is 16.8. The molecule has 0 spiro atoms. The van der Waals surface area contributed by atoms with Crippen molar-refractivity contribution < 1.29 is 28.6 Å². The third kappa shape index (κ3) is 58.7. The number of hydrogen-bond donors (Lipinski definition) is 0. The molecule has 0 amide bonds. The second-order valence-electron chi connectivity index (χ2n) is 21.7. The SMILES string of the molecule is CCC/C=C\CCCCCCCC(=O)OCC(COC(=O)CCCCCCCCCCCCCCCCCCCCCCCCCCCCCCCC)OC(=O)CCCCCCC/C=C\CCCCCC. The molecular weight excluding hydrogens is 877 g/mol. The van der Waals surface area contributed by atoms with Gasteiger partial charge in [0.05, 0.1) is 0 Å². The summed E-state index contributed by atoms with van der Waals surface area (Å²) in [5, 5.41) is 0. The van der Waals surface area contributed by atoms with E-state index in [0.29, 0.717) is 19.3 Å². The van der Waals surface area contributed by atoms with E-state index in [-0.39, 0.29) is 31.1 Å². The number of carbonyl (C=O) groups is 3. The maximum atomic E-state index is 12.8. The first kappa shape index (κ1) is 68.9. The van der Waals surface area contributed by atoms with Crippen LogP contribution in [0.2, 0.25) is 0 Å². The second kappa shape index (κ2) is 60.4. The molecule has 0 radical (unpaired) electrons. The highest BCUT2D eigenvalue weighted by molar-refractivity contribution is 5.71. The lowest BCUT2D eigenvalue weighted by Crippen LogP contribution is -2.30. The number of rotatable bonds is 59. The van der Waals surface area contributed by atoms with Gasteiger partial charge in [0.15, 0.2) is 6.10 Å². The molecule has 0 rings (SSSR count). The van der Waals surface area contributed by atoms with E-state index < -0.39 is 6.10 Å². The Morgan fingerprint density at radius 2 is 0.493 bits per heavy atom. The van der Waals surface area contributed by atoms with Crippen LogP contribution in [0.4, 0.5) is 0 Å². The summed E-state index contributed by atoms with van der Waals surface area (Å²) in [4.78, 5) is 38.1. The Kier molecular flexibility index (Phi) is 58.6. The fourth-order valence-electron chi connectivity index (χ4n) is 9.62. The fourth-order valence-corrected chi connectivity index (χ4v) is 9.62. The third-order valence-corrected chi connectivity index (χ3v) is 14.4. The molecule has 0 aromatic carbocycles. The Morgan fingerprint density at radius 1 is 0.268 bits per heavy atom. The number of allylic oxidation sites excluding steroid dienone is 4. The molecule has 0 heterocycles. The van der Waals surface area contributed by atoms with Gasteiger partial charge in [-0.25, -0.2) is 0 Å². The topological polar surface area (TPSA) is 78.9 Å². The van der Waals surface area contributed by atoms with Gasteiger partial charge in [0.2, 0.25) is 0 Å². The molecule has 0 aliphatic heterocycles. The van der Waals surface area contributed by atoms with Crippen molar-refractivity contribution in [3.05, 3.63) is 24.3 Å². The number of hydrogen-bond acceptors (Lipinski definition) is 6. The highest BCUT2D eigenvalue weighted by Crippen LogP contribution is 2.18. The fraction of sp³-hybridized carbons (Fsp3) is 0.892. The predicted molar refractivity (Wildman–Crippen MR) is 307 cm³/mol. The van der Waals surface area contributed by atoms with E-state index in [1.165, 1.54) is 238 Å². The molecule has 0 aliphatic rings. The van der Waals surface area contributed by atoms with Crippen LogP contribution in [0.1, 0.15) is 355 Å². The van der Waals surface area contributed by atoms with Crippen molar-refractivity contribution in [2.75, 3.05) is 13.2 Å². The van der Waals surface area contributed by atoms with Gasteiger partial charge in [-0.05, 0) is 64.2 Å². The molecule has 0 saturated heterocycles. The summed E-state index contributed by atoms with van der Waals surface area (Å²) in [6.45, 7) is 6.60. The Balaban J connectivity index is 4.03. The van der Waals surface area contributed by atoms with Gasteiger partial charge in [-0.2, -0.15) is 0 Å². The lowest BCUT2D eigenvalue weighted by Gasteiger charge is -2.18. The molecule has 1 unspecified atom stereocenters. The van der Waals surface area contributed by atoms with E-state index in [0.717, 1.165) is 77.0 Å². The van der Waals surface area contributed by atoms with Gasteiger partial charge in [-0.3, -0.25) is 14.4 Å². The summed E-state index contributed by atoms with van der Waals surface area (Å²) in [7, 11) is 0. The molecule has 1 atom stereocenters. The Labute approximate surface area is 443 Å². The number of esters is 3. The first-order chi connectivity index (χ1) is 35.0. The molecule has 0 saturated carbocycles. The second-order valence-corrected chi connectivity index (χ2v) is 21.7. The monoisotopic (exact) mass is 999 g/mol. The average molecular weight is 1000 g/mol. The molecule has 6 heteroatoms. The summed E-state index contributed by atoms with van der Waals surface area (Å²) in [6, 6.07) is 0. The van der Waals surface area contributed by atoms with Gasteiger partial charge in [-0.15, -0.1) is 0 Å². The summed E-state index contributed by atoms with van der Waals surface area (Å²) >= 11 is 0. The maximum Gasteiger partial charge on any atom is 0.306 e. The van der Waals surface area contributed by atoms with E-state index in [4.69, 9.17) is 14.2 Å². The summed E-state index contributed by atoms with van der Waals surface area (Å²) in [5.41, 5.74) is 0. The highest BCUT2D eigenvalue weighted by Gasteiger charge is 2.19. The van der Waals surface area contributed by atoms with E-state index in [9.17, 15) is 14.4 Å². The van der Waals surface area contributed by atoms with Crippen molar-refractivity contribution in [3.8, 4) is 0 Å². The van der Waals surface area contributed by atoms with Crippen molar-refractivity contribution in [2.45, 2.75) is 361 Å². The Bertz CT molecular complexity index is 1150. The molecule has 0 aliphatic carbocycles. The first-order valence-electron chi connectivity index (χ1n) is 31.8. The lowest BCUT2D eigenvalue weighted by molar-refractivity contribution is -0.167. The molecule has 0 aromatic heterocycles. The van der Waals surface area contributed by atoms with Crippen LogP contribution in [0.5, 0.6) is 0 Å². The zero-order valence-corrected chi connectivity index (χ0v) is 48.0. The van der Waals surface area contributed by atoms with Gasteiger partial charge in [0.25, 0.3) is 0 Å². The molecule has 0 aromatic rings. The summed E-state index contributed by atoms with van der Waals surface area (Å²) in [5.74, 6) is -0.874. The Morgan fingerprint density at radius 3 is 0.775 bits per heavy atom. The van der Waals surface area contributed by atoms with Crippen molar-refractivity contribution >= 4 is 17.9 Å². The highest BCUT2D eigenvalue weighted by atomic mass is 16.6. The van der Waals surface area contributed by atoms with Gasteiger partial charge in [0.1, 0.15) is 13.2 Å². The van der Waals surface area contributed by atoms with Crippen LogP contribution >= 0.6 is 0 Å². The molecular formula is C65H122O6. The van der Waals surface area contributed by atoms with Crippen molar-refractivity contribution in [1.29, 1.82) is 0 Å². The van der Waals surface area contributed by atoms with Crippen molar-refractivity contribution in [2.24, 2.45) is 0 Å². The van der Waals surface area contributed by atoms with Crippen LogP contribution in [0.25, 0.3) is 0 Å². The zero-order chi connectivity index (χ0) is 51.4. The standard InChI is InChI=1S/C65H122O6/c1-4-7-10-13-16-19-22-24-25-26-27-28-29-30-31-32-33-34-35-36-37-38-39-40-42-43-46-49-52-55-58-64(67)70-61-62(60-69-63(66)57-54-51-48-45-21-18-15-12-9-6-3)71-65(68)59-56-53-50-47-44-41-23-20-17-14-11-8-5-2/h12,15,20,23,62H,4-11,13-14,16-19,21-22,24-61H2,1-3H3/b15-12-,23-20-. The normalized spacial score (nSPS) is 12.1. The van der Waals surface area contributed by atoms with Crippen LogP contribution < -0.4 is 0 Å². The van der Waals surface area contributed by atoms with Gasteiger partial charge in [-0.1, -0.05) is 295 Å². The number of ether oxygens (including phenoxy) is 3. The summed E-state index contributed by atoms with van der Waals surface area (Å²) in [6.07, 6.45) is 72.2. The first-order valence-corrected chi connectivity index (χ1v) is 31.8. The van der Waals surface area contributed by atoms with Gasteiger partial charge < -0.3 is 14.2 Å². The molecule has 0 fully saturated rings. The minimum Gasteiger partial charge on any atom is -0.462 e. The third-order valence-electron chi connectivity index (χ3n) is 14.4. The number of unbranched alkanes of at least 4 members (excludes halogenated alkanes) is 44. The molecule has 71 heavy (non-hydrogen) atoms. The van der Waals surface area contributed by atoms with E-state index in [2.05, 4.69) is 45.1 Å². The zero-order valence-electron chi connectivity index (χ0n) is 48.0. The minimum absolute atomic E-state index is 0.0731. The Hall–Kier alpha value is -2.11. The van der Waals surface area contributed by atoms with Crippen LogP contribution in [0.15, 0.2) is 24.3 Å². The quantitative estimate of drug-likeness (QED) is 0.0261. The average Bonchev–Trinajstić information content (AvgIpc) is 3.37. The smallest absolute Gasteiger partial charge is 0.306 e. The van der Waals surface area contributed by atoms with Crippen LogP contribution in [0, 0.1) is 0 Å². The molecule has 418 valence electrons. The van der Waals surface area contributed by atoms with Crippen molar-refractivity contribution in [3.63, 3.8) is 0 Å². The predicted octanol–water partition coefficient (Wildman–Crippen LogP) is 21.4. The van der Waals surface area contributed by atoms with E-state index >= 15 is 0 Å². The van der Waals surface area contributed by atoms with Gasteiger partial charge in [0, 0.05) is 19.3 Å². The number of carbonyl (C=O) groups excluding carboxylic acids is 3. The van der Waals surface area contributed by atoms with Crippen LogP contribution in [-0.2, 0) is 28.6 Å². The molecule has 6 nitrogen and oxygen atoms in total. The maximum absolute atomic E-state index is 12.8. The van der Waals surface area contributed by atoms with E-state index in [1.807, 2.05) is 0 Å². The van der Waals surface area contributed by atoms with Gasteiger partial charge >= 0.3 is 17.9 Å².